The van der Waals surface area contributed by atoms with Gasteiger partial charge in [0.1, 0.15) is 11.2 Å². The number of ether oxygens (including phenoxy) is 1. The van der Waals surface area contributed by atoms with Gasteiger partial charge in [0.15, 0.2) is 0 Å². The number of amides is 2. The van der Waals surface area contributed by atoms with E-state index >= 15 is 0 Å². The number of para-hydroxylation sites is 1. The fourth-order valence-electron chi connectivity index (χ4n) is 5.52. The van der Waals surface area contributed by atoms with E-state index < -0.39 is 16.9 Å². The molecule has 31 heavy (non-hydrogen) atoms. The monoisotopic (exact) mass is 424 g/mol. The van der Waals surface area contributed by atoms with Crippen molar-refractivity contribution < 1.29 is 23.8 Å². The molecule has 3 heterocycles. The first-order valence-electron chi connectivity index (χ1n) is 10.7. The van der Waals surface area contributed by atoms with Gasteiger partial charge in [0.05, 0.1) is 18.1 Å². The van der Waals surface area contributed by atoms with Crippen LogP contribution in [0.2, 0.25) is 0 Å². The number of halogens is 1. The largest absolute Gasteiger partial charge is 0.395 e. The number of likely N-dealkylation sites (tertiary alicyclic amines) is 1. The fraction of sp³-hybridized carbons (Fsp3) is 0.417. The van der Waals surface area contributed by atoms with E-state index in [0.29, 0.717) is 44.6 Å². The van der Waals surface area contributed by atoms with Crippen LogP contribution in [0.15, 0.2) is 48.5 Å². The molecule has 0 unspecified atom stereocenters. The van der Waals surface area contributed by atoms with E-state index in [2.05, 4.69) is 5.32 Å². The summed E-state index contributed by atoms with van der Waals surface area (Å²) in [6, 6.07) is 13.0. The van der Waals surface area contributed by atoms with E-state index in [-0.39, 0.29) is 24.2 Å². The van der Waals surface area contributed by atoms with Gasteiger partial charge in [0, 0.05) is 25.4 Å². The topological polar surface area (TPSA) is 78.9 Å². The highest BCUT2D eigenvalue weighted by molar-refractivity contribution is 6.08. The van der Waals surface area contributed by atoms with Crippen LogP contribution in [0, 0.1) is 11.2 Å². The Morgan fingerprint density at radius 3 is 2.55 bits per heavy atom. The first-order valence-corrected chi connectivity index (χ1v) is 10.7. The number of hydrogen-bond acceptors (Lipinski definition) is 4. The van der Waals surface area contributed by atoms with Crippen molar-refractivity contribution >= 4 is 17.5 Å². The smallest absolute Gasteiger partial charge is 0.237 e. The molecule has 2 aromatic carbocycles. The first-order chi connectivity index (χ1) is 15.0. The molecule has 0 aromatic heterocycles. The van der Waals surface area contributed by atoms with Crippen molar-refractivity contribution in [3.8, 4) is 0 Å². The van der Waals surface area contributed by atoms with E-state index in [4.69, 9.17) is 4.74 Å². The number of fused-ring (bicyclic) bond motifs is 2. The number of carbonyl (C=O) groups excluding carboxylic acids is 2. The summed E-state index contributed by atoms with van der Waals surface area (Å²) in [6.45, 7) is 0.939. The SMILES string of the molecule is O=C(N1CC[C@]2(C(=O)Nc3ccccc32)[C@@H]1c1ccc(F)cc1)C1(CO)CCOCC1. The van der Waals surface area contributed by atoms with Crippen LogP contribution in [0.25, 0.3) is 0 Å². The molecule has 1 spiro atoms. The van der Waals surface area contributed by atoms with Gasteiger partial charge in [-0.05, 0) is 48.6 Å². The van der Waals surface area contributed by atoms with Crippen molar-refractivity contribution in [1.82, 2.24) is 4.90 Å². The molecule has 7 heteroatoms. The third-order valence-corrected chi connectivity index (χ3v) is 7.24. The highest BCUT2D eigenvalue weighted by atomic mass is 19.1. The summed E-state index contributed by atoms with van der Waals surface area (Å²) in [5.74, 6) is -0.689. The Hall–Kier alpha value is -2.77. The lowest BCUT2D eigenvalue weighted by Gasteiger charge is -2.41. The quantitative estimate of drug-likeness (QED) is 0.794. The van der Waals surface area contributed by atoms with Crippen molar-refractivity contribution in [2.24, 2.45) is 5.41 Å². The number of nitrogens with zero attached hydrogens (tertiary/aromatic N) is 1. The zero-order valence-electron chi connectivity index (χ0n) is 17.1. The Morgan fingerprint density at radius 1 is 1.13 bits per heavy atom. The van der Waals surface area contributed by atoms with Gasteiger partial charge in [-0.15, -0.1) is 0 Å². The summed E-state index contributed by atoms with van der Waals surface area (Å²) < 4.78 is 19.1. The Kier molecular flexibility index (Phi) is 4.83. The highest BCUT2D eigenvalue weighted by Gasteiger charge is 2.61. The maximum Gasteiger partial charge on any atom is 0.237 e. The Balaban J connectivity index is 1.64. The molecule has 0 radical (unpaired) electrons. The number of hydrogen-bond donors (Lipinski definition) is 2. The number of anilines is 1. The van der Waals surface area contributed by atoms with Gasteiger partial charge < -0.3 is 20.1 Å². The van der Waals surface area contributed by atoms with Gasteiger partial charge in [0.25, 0.3) is 0 Å². The Labute approximate surface area is 180 Å². The van der Waals surface area contributed by atoms with Crippen LogP contribution in [0.4, 0.5) is 10.1 Å². The molecular weight excluding hydrogens is 399 g/mol. The molecular formula is C24H25FN2O4. The molecule has 0 aliphatic carbocycles. The zero-order valence-corrected chi connectivity index (χ0v) is 17.1. The molecule has 3 aliphatic heterocycles. The van der Waals surface area contributed by atoms with Gasteiger partial charge in [0.2, 0.25) is 11.8 Å². The number of carbonyl (C=O) groups is 2. The normalized spacial score (nSPS) is 26.7. The highest BCUT2D eigenvalue weighted by Crippen LogP contribution is 2.55. The summed E-state index contributed by atoms with van der Waals surface area (Å²) in [6.07, 6.45) is 1.33. The third kappa shape index (κ3) is 2.91. The second-order valence-corrected chi connectivity index (χ2v) is 8.72. The van der Waals surface area contributed by atoms with Crippen molar-refractivity contribution in [2.45, 2.75) is 30.7 Å². The molecule has 2 aromatic rings. The molecule has 0 bridgehead atoms. The molecule has 6 nitrogen and oxygen atoms in total. The van der Waals surface area contributed by atoms with Gasteiger partial charge in [-0.3, -0.25) is 9.59 Å². The minimum absolute atomic E-state index is 0.150. The predicted molar refractivity (Wildman–Crippen MR) is 112 cm³/mol. The molecule has 162 valence electrons. The van der Waals surface area contributed by atoms with Crippen molar-refractivity contribution in [3.05, 3.63) is 65.5 Å². The first kappa shape index (κ1) is 20.2. The molecule has 2 N–H and O–H groups in total. The lowest BCUT2D eigenvalue weighted by atomic mass is 9.72. The van der Waals surface area contributed by atoms with Crippen LogP contribution in [-0.4, -0.2) is 48.2 Å². The van der Waals surface area contributed by atoms with Gasteiger partial charge in [-0.2, -0.15) is 0 Å². The number of rotatable bonds is 3. The van der Waals surface area contributed by atoms with Gasteiger partial charge in [-0.25, -0.2) is 4.39 Å². The average molecular weight is 424 g/mol. The molecule has 3 aliphatic rings. The number of aliphatic hydroxyl groups excluding tert-OH is 1. The number of aliphatic hydroxyl groups is 1. The van der Waals surface area contributed by atoms with Crippen LogP contribution in [0.5, 0.6) is 0 Å². The summed E-state index contributed by atoms with van der Waals surface area (Å²) in [5.41, 5.74) is 0.438. The van der Waals surface area contributed by atoms with Crippen molar-refractivity contribution in [1.29, 1.82) is 0 Å². The lowest BCUT2D eigenvalue weighted by molar-refractivity contribution is -0.153. The summed E-state index contributed by atoms with van der Waals surface area (Å²) >= 11 is 0. The molecule has 0 saturated carbocycles. The van der Waals surface area contributed by atoms with Crippen molar-refractivity contribution in [3.63, 3.8) is 0 Å². The number of nitrogens with one attached hydrogen (secondary N) is 1. The third-order valence-electron chi connectivity index (χ3n) is 7.24. The maximum absolute atomic E-state index is 13.9. The predicted octanol–water partition coefficient (Wildman–Crippen LogP) is 2.78. The second-order valence-electron chi connectivity index (χ2n) is 8.72. The molecule has 2 atom stereocenters. The standard InChI is InChI=1S/C24H25FN2O4/c25-17-7-5-16(6-8-17)20-24(18-3-1-2-4-19(18)26-21(24)29)9-12-27(20)22(30)23(15-28)10-13-31-14-11-23/h1-8,20,28H,9-15H2,(H,26,29)/t20-,24+/m0/s1. The van der Waals surface area contributed by atoms with Crippen molar-refractivity contribution in [2.75, 3.05) is 31.7 Å². The zero-order chi connectivity index (χ0) is 21.6. The average Bonchev–Trinajstić information content (AvgIpc) is 3.33. The lowest BCUT2D eigenvalue weighted by Crippen LogP contribution is -2.51. The van der Waals surface area contributed by atoms with Crippen LogP contribution >= 0.6 is 0 Å². The van der Waals surface area contributed by atoms with Crippen LogP contribution in [0.3, 0.4) is 0 Å². The summed E-state index contributed by atoms with van der Waals surface area (Å²) in [5, 5.41) is 13.2. The number of benzene rings is 2. The summed E-state index contributed by atoms with van der Waals surface area (Å²) in [4.78, 5) is 29.0. The molecule has 2 amide bonds. The van der Waals surface area contributed by atoms with E-state index in [1.54, 1.807) is 17.0 Å². The Bertz CT molecular complexity index is 1020. The van der Waals surface area contributed by atoms with Gasteiger partial charge >= 0.3 is 0 Å². The Morgan fingerprint density at radius 2 is 1.84 bits per heavy atom. The molecule has 2 fully saturated rings. The molecule has 5 rings (SSSR count). The van der Waals surface area contributed by atoms with Crippen LogP contribution in [0.1, 0.15) is 36.4 Å². The van der Waals surface area contributed by atoms with E-state index in [1.165, 1.54) is 12.1 Å². The fourth-order valence-corrected chi connectivity index (χ4v) is 5.52. The maximum atomic E-state index is 13.9. The van der Waals surface area contributed by atoms with Crippen LogP contribution in [-0.2, 0) is 19.7 Å². The summed E-state index contributed by atoms with van der Waals surface area (Å²) in [7, 11) is 0. The van der Waals surface area contributed by atoms with E-state index in [0.717, 1.165) is 11.3 Å². The minimum atomic E-state index is -0.952. The van der Waals surface area contributed by atoms with E-state index in [1.807, 2.05) is 24.3 Å². The van der Waals surface area contributed by atoms with Gasteiger partial charge in [-0.1, -0.05) is 30.3 Å². The minimum Gasteiger partial charge on any atom is -0.395 e. The van der Waals surface area contributed by atoms with Crippen LogP contribution < -0.4 is 5.32 Å². The second kappa shape index (κ2) is 7.43. The molecule has 2 saturated heterocycles. The van der Waals surface area contributed by atoms with E-state index in [9.17, 15) is 19.1 Å².